The Morgan fingerprint density at radius 3 is 2.90 bits per heavy atom. The lowest BCUT2D eigenvalue weighted by molar-refractivity contribution is -0.665. The first-order valence-corrected chi connectivity index (χ1v) is 7.45. The first kappa shape index (κ1) is 13.6. The van der Waals surface area contributed by atoms with Crippen LogP contribution in [0.25, 0.3) is 0 Å². The standard InChI is InChI=1S/C13H14ClN4OS/c1-10-13-17(19)6-7-18(13,9-15-16-10)20-8-11-2-4-12(14)5-3-11/h2-7,9,13,19H,8H2,1H3/q+1. The van der Waals surface area contributed by atoms with E-state index >= 15 is 0 Å². The summed E-state index contributed by atoms with van der Waals surface area (Å²) in [6.45, 7) is 1.87. The molecule has 104 valence electrons. The van der Waals surface area contributed by atoms with Crippen molar-refractivity contribution in [3.63, 3.8) is 0 Å². The van der Waals surface area contributed by atoms with Crippen molar-refractivity contribution in [3.05, 3.63) is 47.3 Å². The molecule has 2 heterocycles. The highest BCUT2D eigenvalue weighted by Crippen LogP contribution is 2.37. The molecule has 2 atom stereocenters. The summed E-state index contributed by atoms with van der Waals surface area (Å²) in [4.78, 5) is 0. The minimum atomic E-state index is -0.246. The number of rotatable bonds is 3. The summed E-state index contributed by atoms with van der Waals surface area (Å²) in [7, 11) is 0. The molecule has 20 heavy (non-hydrogen) atoms. The molecule has 0 fully saturated rings. The van der Waals surface area contributed by atoms with E-state index in [-0.39, 0.29) is 6.17 Å². The van der Waals surface area contributed by atoms with Gasteiger partial charge in [0, 0.05) is 5.02 Å². The maximum Gasteiger partial charge on any atom is 0.248 e. The van der Waals surface area contributed by atoms with Crippen molar-refractivity contribution < 1.29 is 9.10 Å². The van der Waals surface area contributed by atoms with Crippen molar-refractivity contribution in [2.75, 3.05) is 0 Å². The van der Waals surface area contributed by atoms with Gasteiger partial charge in [-0.15, -0.1) is 10.2 Å². The highest BCUT2D eigenvalue weighted by atomic mass is 35.5. The number of nitrogens with zero attached hydrogens (tertiary/aromatic N) is 4. The average Bonchev–Trinajstić information content (AvgIpc) is 2.78. The first-order valence-electron chi connectivity index (χ1n) is 6.13. The van der Waals surface area contributed by atoms with Crippen molar-refractivity contribution in [1.29, 1.82) is 0 Å². The number of hydrogen-bond acceptors (Lipinski definition) is 5. The van der Waals surface area contributed by atoms with Gasteiger partial charge in [-0.2, -0.15) is 8.95 Å². The maximum absolute atomic E-state index is 9.95. The molecule has 0 radical (unpaired) electrons. The summed E-state index contributed by atoms with van der Waals surface area (Å²) in [6, 6.07) is 7.76. The number of fused-ring (bicyclic) bond motifs is 1. The molecule has 0 saturated carbocycles. The van der Waals surface area contributed by atoms with Crippen molar-refractivity contribution in [3.8, 4) is 0 Å². The highest BCUT2D eigenvalue weighted by molar-refractivity contribution is 7.93. The lowest BCUT2D eigenvalue weighted by atomic mass is 10.2. The van der Waals surface area contributed by atoms with Crippen molar-refractivity contribution in [2.45, 2.75) is 18.8 Å². The second kappa shape index (κ2) is 5.21. The van der Waals surface area contributed by atoms with Gasteiger partial charge in [-0.05, 0) is 24.6 Å². The minimum absolute atomic E-state index is 0.246. The van der Waals surface area contributed by atoms with E-state index in [1.165, 1.54) is 10.6 Å². The van der Waals surface area contributed by atoms with E-state index in [0.29, 0.717) is 3.89 Å². The Morgan fingerprint density at radius 2 is 2.15 bits per heavy atom. The van der Waals surface area contributed by atoms with Crippen LogP contribution in [0.1, 0.15) is 12.5 Å². The van der Waals surface area contributed by atoms with Crippen molar-refractivity contribution in [2.24, 2.45) is 10.2 Å². The Labute approximate surface area is 126 Å². The lowest BCUT2D eigenvalue weighted by Crippen LogP contribution is -2.52. The van der Waals surface area contributed by atoms with Crippen LogP contribution in [0.3, 0.4) is 0 Å². The topological polar surface area (TPSA) is 48.2 Å². The van der Waals surface area contributed by atoms with E-state index in [2.05, 4.69) is 10.2 Å². The van der Waals surface area contributed by atoms with Crippen LogP contribution in [0.4, 0.5) is 0 Å². The van der Waals surface area contributed by atoms with E-state index < -0.39 is 0 Å². The van der Waals surface area contributed by atoms with Gasteiger partial charge in [0.1, 0.15) is 11.9 Å². The quantitative estimate of drug-likeness (QED) is 0.689. The third kappa shape index (κ3) is 2.35. The Kier molecular flexibility index (Phi) is 3.55. The fraction of sp³-hybridized carbons (Fsp3) is 0.231. The monoisotopic (exact) mass is 309 g/mol. The molecule has 0 spiro atoms. The molecule has 7 heteroatoms. The number of benzene rings is 1. The molecule has 1 aromatic carbocycles. The van der Waals surface area contributed by atoms with Crippen LogP contribution >= 0.6 is 23.5 Å². The number of halogens is 1. The van der Waals surface area contributed by atoms with Crippen LogP contribution < -0.4 is 0 Å². The van der Waals surface area contributed by atoms with Gasteiger partial charge in [-0.3, -0.25) is 5.21 Å². The van der Waals surface area contributed by atoms with Gasteiger partial charge in [-0.25, -0.2) is 0 Å². The smallest absolute Gasteiger partial charge is 0.248 e. The Hall–Kier alpha value is -1.34. The SMILES string of the molecule is CC1=NN=C[N+]2(SCc3ccc(Cl)cc3)C=CN(O)C12. The number of hydroxylamine groups is 2. The zero-order valence-electron chi connectivity index (χ0n) is 10.8. The summed E-state index contributed by atoms with van der Waals surface area (Å²) in [5, 5.41) is 19.9. The largest absolute Gasteiger partial charge is 0.283 e. The predicted molar refractivity (Wildman–Crippen MR) is 81.2 cm³/mol. The molecule has 0 amide bonds. The normalized spacial score (nSPS) is 27.6. The van der Waals surface area contributed by atoms with E-state index in [4.69, 9.17) is 11.6 Å². The van der Waals surface area contributed by atoms with Crippen LogP contribution in [-0.2, 0) is 5.75 Å². The molecule has 2 aliphatic rings. The molecule has 1 N–H and O–H groups in total. The summed E-state index contributed by atoms with van der Waals surface area (Å²) in [5.74, 6) is 0.783. The van der Waals surface area contributed by atoms with E-state index in [9.17, 15) is 5.21 Å². The Morgan fingerprint density at radius 1 is 1.40 bits per heavy atom. The van der Waals surface area contributed by atoms with Crippen molar-refractivity contribution in [1.82, 2.24) is 5.06 Å². The number of quaternary nitrogens is 1. The zero-order valence-corrected chi connectivity index (χ0v) is 12.4. The molecule has 0 bridgehead atoms. The fourth-order valence-corrected chi connectivity index (χ4v) is 3.60. The predicted octanol–water partition coefficient (Wildman–Crippen LogP) is 3.22. The van der Waals surface area contributed by atoms with Gasteiger partial charge in [0.05, 0.1) is 23.9 Å². The summed E-state index contributed by atoms with van der Waals surface area (Å²) in [5.41, 5.74) is 1.95. The van der Waals surface area contributed by atoms with Gasteiger partial charge in [-0.1, -0.05) is 23.7 Å². The molecular weight excluding hydrogens is 296 g/mol. The average molecular weight is 310 g/mol. The van der Waals surface area contributed by atoms with Crippen LogP contribution in [0.15, 0.2) is 46.9 Å². The third-order valence-electron chi connectivity index (χ3n) is 3.27. The van der Waals surface area contributed by atoms with E-state index in [1.807, 2.05) is 37.4 Å². The molecule has 0 aromatic heterocycles. The van der Waals surface area contributed by atoms with Crippen LogP contribution in [0.5, 0.6) is 0 Å². The lowest BCUT2D eigenvalue weighted by Gasteiger charge is -2.33. The molecule has 0 aliphatic carbocycles. The molecule has 2 unspecified atom stereocenters. The van der Waals surface area contributed by atoms with E-state index in [0.717, 1.165) is 16.5 Å². The Bertz CT molecular complexity index is 601. The minimum Gasteiger partial charge on any atom is -0.283 e. The molecular formula is C13H14ClN4OS+. The second-order valence-corrected chi connectivity index (χ2v) is 6.30. The van der Waals surface area contributed by atoms with Crippen LogP contribution in [0.2, 0.25) is 5.02 Å². The van der Waals surface area contributed by atoms with Gasteiger partial charge in [0.2, 0.25) is 12.5 Å². The van der Waals surface area contributed by atoms with Gasteiger partial charge < -0.3 is 0 Å². The molecule has 3 rings (SSSR count). The summed E-state index contributed by atoms with van der Waals surface area (Å²) >= 11 is 7.55. The summed E-state index contributed by atoms with van der Waals surface area (Å²) < 4.78 is 0.383. The fourth-order valence-electron chi connectivity index (χ4n) is 2.27. The molecule has 5 nitrogen and oxygen atoms in total. The Balaban J connectivity index is 1.79. The first-order chi connectivity index (χ1) is 9.61. The van der Waals surface area contributed by atoms with Gasteiger partial charge in [0.15, 0.2) is 0 Å². The molecule has 0 saturated heterocycles. The molecule has 2 aliphatic heterocycles. The maximum atomic E-state index is 9.95. The molecule has 1 aromatic rings. The number of hydrogen-bond donors (Lipinski definition) is 1. The van der Waals surface area contributed by atoms with Crippen LogP contribution in [-0.4, -0.2) is 32.4 Å². The van der Waals surface area contributed by atoms with E-state index in [1.54, 1.807) is 24.5 Å². The highest BCUT2D eigenvalue weighted by Gasteiger charge is 2.48. The zero-order chi connectivity index (χ0) is 14.2. The third-order valence-corrected chi connectivity index (χ3v) is 4.85. The van der Waals surface area contributed by atoms with Gasteiger partial charge in [0.25, 0.3) is 0 Å². The summed E-state index contributed by atoms with van der Waals surface area (Å²) in [6.07, 6.45) is 5.05. The van der Waals surface area contributed by atoms with Gasteiger partial charge >= 0.3 is 0 Å². The van der Waals surface area contributed by atoms with Crippen molar-refractivity contribution >= 4 is 35.6 Å². The second-order valence-electron chi connectivity index (χ2n) is 4.69. The van der Waals surface area contributed by atoms with Crippen LogP contribution in [0, 0.1) is 0 Å².